The minimum absolute atomic E-state index is 0.0433. The largest absolute Gasteiger partial charge is 0.507 e. The highest BCUT2D eigenvalue weighted by Crippen LogP contribution is 2.37. The van der Waals surface area contributed by atoms with Crippen molar-refractivity contribution < 1.29 is 23.1 Å². The number of halogens is 4. The van der Waals surface area contributed by atoms with Gasteiger partial charge in [-0.2, -0.15) is 13.2 Å². The minimum atomic E-state index is -4.43. The van der Waals surface area contributed by atoms with Gasteiger partial charge < -0.3 is 5.11 Å². The van der Waals surface area contributed by atoms with Gasteiger partial charge in [0.25, 0.3) is 0 Å². The number of hydrogen-bond donors (Lipinski definition) is 1. The number of phenolic OH excluding ortho intramolecular Hbond substituents is 1. The van der Waals surface area contributed by atoms with Crippen LogP contribution in [0.25, 0.3) is 0 Å². The normalized spacial score (nSPS) is 11.4. The van der Waals surface area contributed by atoms with Gasteiger partial charge in [0.1, 0.15) is 5.75 Å². The third-order valence-electron chi connectivity index (χ3n) is 2.53. The van der Waals surface area contributed by atoms with Crippen molar-refractivity contribution in [2.75, 3.05) is 0 Å². The fourth-order valence-electron chi connectivity index (χ4n) is 1.68. The lowest BCUT2D eigenvalue weighted by Gasteiger charge is -2.08. The van der Waals surface area contributed by atoms with Crippen LogP contribution in [0.3, 0.4) is 0 Å². The predicted octanol–water partition coefficient (Wildman–Crippen LogP) is 4.89. The molecule has 0 radical (unpaired) electrons. The maximum Gasteiger partial charge on any atom is 0.446 e. The molecule has 2 nitrogen and oxygen atoms in total. The highest BCUT2D eigenvalue weighted by molar-refractivity contribution is 8.00. The van der Waals surface area contributed by atoms with Gasteiger partial charge in [-0.1, -0.05) is 23.7 Å². The molecule has 0 unspecified atom stereocenters. The maximum absolute atomic E-state index is 12.3. The topological polar surface area (TPSA) is 37.3 Å². The molecular weight excluding hydrogens is 325 g/mol. The molecule has 0 atom stereocenters. The third-order valence-corrected chi connectivity index (χ3v) is 3.49. The molecule has 0 aromatic heterocycles. The number of carbonyl (C=O) groups excluding carboxylic acids is 1. The fourth-order valence-corrected chi connectivity index (χ4v) is 2.45. The van der Waals surface area contributed by atoms with E-state index in [9.17, 15) is 23.1 Å². The van der Waals surface area contributed by atoms with Crippen LogP contribution in [0.1, 0.15) is 15.9 Å². The van der Waals surface area contributed by atoms with E-state index in [0.29, 0.717) is 0 Å². The van der Waals surface area contributed by atoms with Gasteiger partial charge in [0.05, 0.1) is 5.56 Å². The lowest BCUT2D eigenvalue weighted by atomic mass is 10.0. The predicted molar refractivity (Wildman–Crippen MR) is 74.9 cm³/mol. The Morgan fingerprint density at radius 2 is 1.86 bits per heavy atom. The first-order chi connectivity index (χ1) is 9.76. The van der Waals surface area contributed by atoms with Crippen molar-refractivity contribution in [3.63, 3.8) is 0 Å². The first-order valence-corrected chi connectivity index (χ1v) is 6.85. The molecule has 0 saturated carbocycles. The van der Waals surface area contributed by atoms with Crippen LogP contribution < -0.4 is 0 Å². The Bertz CT molecular complexity index is 686. The first kappa shape index (κ1) is 15.7. The van der Waals surface area contributed by atoms with E-state index < -0.39 is 11.3 Å². The zero-order chi connectivity index (χ0) is 15.6. The summed E-state index contributed by atoms with van der Waals surface area (Å²) in [7, 11) is 0. The molecule has 0 heterocycles. The van der Waals surface area contributed by atoms with E-state index in [2.05, 4.69) is 0 Å². The van der Waals surface area contributed by atoms with Gasteiger partial charge in [0, 0.05) is 15.5 Å². The Morgan fingerprint density at radius 3 is 2.52 bits per heavy atom. The molecule has 2 aromatic carbocycles. The Hall–Kier alpha value is -1.66. The molecule has 0 aliphatic heterocycles. The second-order valence-electron chi connectivity index (χ2n) is 4.07. The van der Waals surface area contributed by atoms with Crippen molar-refractivity contribution in [1.82, 2.24) is 0 Å². The summed E-state index contributed by atoms with van der Waals surface area (Å²) in [5, 5.41) is 9.90. The Kier molecular flexibility index (Phi) is 4.49. The van der Waals surface area contributed by atoms with Crippen LogP contribution in [0, 0.1) is 0 Å². The number of ketones is 1. The number of rotatable bonds is 3. The Balaban J connectivity index is 2.35. The van der Waals surface area contributed by atoms with Crippen LogP contribution in [0.2, 0.25) is 5.02 Å². The zero-order valence-electron chi connectivity index (χ0n) is 10.3. The third kappa shape index (κ3) is 4.15. The van der Waals surface area contributed by atoms with Crippen molar-refractivity contribution >= 4 is 29.1 Å². The lowest BCUT2D eigenvalue weighted by molar-refractivity contribution is -0.0328. The number of carbonyl (C=O) groups is 1. The molecule has 110 valence electrons. The summed E-state index contributed by atoms with van der Waals surface area (Å²) in [6, 6.07) is 9.04. The smallest absolute Gasteiger partial charge is 0.446 e. The molecular formula is C14H8ClF3O2S. The lowest BCUT2D eigenvalue weighted by Crippen LogP contribution is -2.03. The average Bonchev–Trinajstić information content (AvgIpc) is 2.39. The highest BCUT2D eigenvalue weighted by atomic mass is 35.5. The van der Waals surface area contributed by atoms with E-state index in [1.165, 1.54) is 36.4 Å². The highest BCUT2D eigenvalue weighted by Gasteiger charge is 2.29. The molecule has 1 N–H and O–H groups in total. The molecule has 0 amide bonds. The molecule has 2 rings (SSSR count). The van der Waals surface area contributed by atoms with Crippen molar-refractivity contribution in [3.8, 4) is 5.75 Å². The molecule has 0 saturated heterocycles. The van der Waals surface area contributed by atoms with E-state index in [-0.39, 0.29) is 38.6 Å². The average molecular weight is 333 g/mol. The first-order valence-electron chi connectivity index (χ1n) is 5.65. The molecule has 7 heteroatoms. The van der Waals surface area contributed by atoms with Crippen molar-refractivity contribution in [2.45, 2.75) is 10.4 Å². The molecule has 2 aromatic rings. The Labute approximate surface area is 127 Å². The van der Waals surface area contributed by atoms with Gasteiger partial charge in [-0.15, -0.1) is 0 Å². The van der Waals surface area contributed by atoms with Gasteiger partial charge in [-0.25, -0.2) is 0 Å². The zero-order valence-corrected chi connectivity index (χ0v) is 11.9. The van der Waals surface area contributed by atoms with Gasteiger partial charge in [-0.05, 0) is 42.1 Å². The molecule has 0 bridgehead atoms. The summed E-state index contributed by atoms with van der Waals surface area (Å²) >= 11 is 5.44. The summed E-state index contributed by atoms with van der Waals surface area (Å²) in [4.78, 5) is 12.1. The molecule has 0 fully saturated rings. The minimum Gasteiger partial charge on any atom is -0.507 e. The number of benzene rings is 2. The standard InChI is InChI=1S/C14H8ClF3O2S/c15-9-4-5-12(19)11(7-9)13(20)8-2-1-3-10(6-8)21-14(16,17)18/h1-7,19H. The van der Waals surface area contributed by atoms with E-state index in [1.54, 1.807) is 0 Å². The van der Waals surface area contributed by atoms with Crippen LogP contribution in [-0.2, 0) is 0 Å². The van der Waals surface area contributed by atoms with E-state index in [0.717, 1.165) is 6.07 Å². The fraction of sp³-hybridized carbons (Fsp3) is 0.0714. The molecule has 21 heavy (non-hydrogen) atoms. The van der Waals surface area contributed by atoms with Crippen molar-refractivity contribution in [1.29, 1.82) is 0 Å². The van der Waals surface area contributed by atoms with E-state index in [4.69, 9.17) is 11.6 Å². The summed E-state index contributed by atoms with van der Waals surface area (Å²) in [5.74, 6) is -0.877. The van der Waals surface area contributed by atoms with Gasteiger partial charge in [0.2, 0.25) is 0 Å². The number of alkyl halides is 3. The number of hydrogen-bond acceptors (Lipinski definition) is 3. The number of aromatic hydroxyl groups is 1. The van der Waals surface area contributed by atoms with Crippen LogP contribution in [-0.4, -0.2) is 16.4 Å². The van der Waals surface area contributed by atoms with Gasteiger partial charge in [0.15, 0.2) is 5.78 Å². The quantitative estimate of drug-likeness (QED) is 0.642. The van der Waals surface area contributed by atoms with Crippen molar-refractivity contribution in [3.05, 3.63) is 58.6 Å². The summed E-state index contributed by atoms with van der Waals surface area (Å²) in [6.45, 7) is 0. The van der Waals surface area contributed by atoms with E-state index >= 15 is 0 Å². The summed E-state index contributed by atoms with van der Waals surface area (Å²) in [5.41, 5.74) is -4.45. The Morgan fingerprint density at radius 1 is 1.14 bits per heavy atom. The van der Waals surface area contributed by atoms with Crippen LogP contribution >= 0.6 is 23.4 Å². The van der Waals surface area contributed by atoms with Gasteiger partial charge in [-0.3, -0.25) is 4.79 Å². The summed E-state index contributed by atoms with van der Waals surface area (Å²) in [6.07, 6.45) is 0. The monoisotopic (exact) mass is 332 g/mol. The maximum atomic E-state index is 12.3. The molecule has 0 aliphatic rings. The van der Waals surface area contributed by atoms with Crippen LogP contribution in [0.4, 0.5) is 13.2 Å². The second-order valence-corrected chi connectivity index (χ2v) is 5.64. The second kappa shape index (κ2) is 5.99. The SMILES string of the molecule is O=C(c1cccc(SC(F)(F)F)c1)c1cc(Cl)ccc1O. The van der Waals surface area contributed by atoms with Crippen molar-refractivity contribution in [2.24, 2.45) is 0 Å². The summed E-state index contributed by atoms with van der Waals surface area (Å²) < 4.78 is 37.0. The number of phenols is 1. The number of thioether (sulfide) groups is 1. The van der Waals surface area contributed by atoms with Gasteiger partial charge >= 0.3 is 5.51 Å². The van der Waals surface area contributed by atoms with E-state index in [1.807, 2.05) is 0 Å². The molecule has 0 aliphatic carbocycles. The van der Waals surface area contributed by atoms with Crippen LogP contribution in [0.5, 0.6) is 5.75 Å². The van der Waals surface area contributed by atoms with Crippen LogP contribution in [0.15, 0.2) is 47.4 Å². The molecule has 0 spiro atoms.